The van der Waals surface area contributed by atoms with Crippen LogP contribution >= 0.6 is 0 Å². The summed E-state index contributed by atoms with van der Waals surface area (Å²) in [5.74, 6) is -0.573. The van der Waals surface area contributed by atoms with Crippen LogP contribution in [0.3, 0.4) is 0 Å². The van der Waals surface area contributed by atoms with Gasteiger partial charge in [0.15, 0.2) is 0 Å². The maximum Gasteiger partial charge on any atom is 0.319 e. The molecule has 7 nitrogen and oxygen atoms in total. The van der Waals surface area contributed by atoms with Gasteiger partial charge in [0.25, 0.3) is 11.8 Å². The minimum absolute atomic E-state index is 0.0224. The van der Waals surface area contributed by atoms with Gasteiger partial charge in [-0.2, -0.15) is 0 Å². The number of aromatic nitrogens is 1. The highest BCUT2D eigenvalue weighted by molar-refractivity contribution is 6.01. The fourth-order valence-corrected chi connectivity index (χ4v) is 2.53. The van der Waals surface area contributed by atoms with Crippen LogP contribution in [-0.2, 0) is 11.2 Å². The second kappa shape index (κ2) is 10.7. The second-order valence-electron chi connectivity index (χ2n) is 6.08. The summed E-state index contributed by atoms with van der Waals surface area (Å²) in [4.78, 5) is 37.8. The maximum absolute atomic E-state index is 12.1. The largest absolute Gasteiger partial charge is 0.434 e. The summed E-state index contributed by atoms with van der Waals surface area (Å²) in [5.41, 5.74) is 6.16. The first-order valence-corrected chi connectivity index (χ1v) is 8.86. The van der Waals surface area contributed by atoms with E-state index in [0.29, 0.717) is 6.42 Å². The highest BCUT2D eigenvalue weighted by Gasteiger charge is 2.12. The summed E-state index contributed by atoms with van der Waals surface area (Å²) in [6.45, 7) is 0. The molecule has 0 saturated heterocycles. The molecular formula is C20H23N3O4. The quantitative estimate of drug-likeness (QED) is 0.379. The lowest BCUT2D eigenvalue weighted by molar-refractivity contribution is -0.115. The van der Waals surface area contributed by atoms with Gasteiger partial charge in [0.1, 0.15) is 5.76 Å². The maximum atomic E-state index is 12.1. The number of ketones is 1. The van der Waals surface area contributed by atoms with Gasteiger partial charge in [0.05, 0.1) is 6.20 Å². The SMILES string of the molecule is NC(=O)NC(=O)/C=C/c1cnc(C(=O)CCCCCCc2ccccc2)o1. The van der Waals surface area contributed by atoms with Gasteiger partial charge in [-0.05, 0) is 30.9 Å². The van der Waals surface area contributed by atoms with Crippen molar-refractivity contribution in [2.24, 2.45) is 5.73 Å². The zero-order chi connectivity index (χ0) is 19.5. The molecule has 3 amide bonds. The Morgan fingerprint density at radius 1 is 1.07 bits per heavy atom. The minimum Gasteiger partial charge on any atom is -0.434 e. The standard InChI is InChI=1S/C20H23N3O4/c21-20(26)23-18(25)13-12-16-14-22-19(27-16)17(24)11-7-2-1-4-8-15-9-5-3-6-10-15/h3,5-6,9-10,12-14H,1-2,4,7-8,11H2,(H3,21,23,25,26)/b13-12+. The first-order valence-electron chi connectivity index (χ1n) is 8.86. The number of imide groups is 1. The molecule has 0 fully saturated rings. The number of nitrogens with two attached hydrogens (primary N) is 1. The molecule has 1 aromatic heterocycles. The number of amides is 3. The molecule has 1 aromatic carbocycles. The summed E-state index contributed by atoms with van der Waals surface area (Å²) in [7, 11) is 0. The van der Waals surface area contributed by atoms with Gasteiger partial charge in [0.2, 0.25) is 5.78 Å². The first kappa shape index (κ1) is 20.1. The molecule has 0 bridgehead atoms. The number of nitrogens with one attached hydrogen (secondary N) is 1. The topological polar surface area (TPSA) is 115 Å². The van der Waals surface area contributed by atoms with E-state index in [2.05, 4.69) is 17.1 Å². The van der Waals surface area contributed by atoms with Gasteiger partial charge in [-0.1, -0.05) is 43.2 Å². The van der Waals surface area contributed by atoms with Crippen molar-refractivity contribution in [3.05, 3.63) is 59.8 Å². The Kier molecular flexibility index (Phi) is 7.96. The van der Waals surface area contributed by atoms with Crippen LogP contribution in [0.4, 0.5) is 4.79 Å². The van der Waals surface area contributed by atoms with Crippen LogP contribution in [0.2, 0.25) is 0 Å². The van der Waals surface area contributed by atoms with Crippen LogP contribution in [-0.4, -0.2) is 22.7 Å². The fourth-order valence-electron chi connectivity index (χ4n) is 2.53. The number of nitrogens with zero attached hydrogens (tertiary/aromatic N) is 1. The lowest BCUT2D eigenvalue weighted by Gasteiger charge is -2.01. The Morgan fingerprint density at radius 3 is 2.56 bits per heavy atom. The molecule has 0 radical (unpaired) electrons. The van der Waals surface area contributed by atoms with E-state index >= 15 is 0 Å². The molecule has 0 aliphatic carbocycles. The third kappa shape index (κ3) is 7.68. The summed E-state index contributed by atoms with van der Waals surface area (Å²) in [6.07, 6.45) is 9.07. The average Bonchev–Trinajstić information content (AvgIpc) is 3.12. The highest BCUT2D eigenvalue weighted by atomic mass is 16.4. The van der Waals surface area contributed by atoms with Gasteiger partial charge in [0, 0.05) is 12.5 Å². The number of carbonyl (C=O) groups excluding carboxylic acids is 3. The van der Waals surface area contributed by atoms with Crippen molar-refractivity contribution < 1.29 is 18.8 Å². The molecule has 0 aliphatic rings. The molecule has 3 N–H and O–H groups in total. The zero-order valence-corrected chi connectivity index (χ0v) is 15.0. The van der Waals surface area contributed by atoms with Gasteiger partial charge < -0.3 is 10.2 Å². The smallest absolute Gasteiger partial charge is 0.319 e. The number of carbonyl (C=O) groups is 3. The molecule has 0 spiro atoms. The van der Waals surface area contributed by atoms with Gasteiger partial charge in [-0.15, -0.1) is 0 Å². The number of unbranched alkanes of at least 4 members (excludes halogenated alkanes) is 3. The molecule has 27 heavy (non-hydrogen) atoms. The molecule has 0 aliphatic heterocycles. The average molecular weight is 369 g/mol. The predicted molar refractivity (Wildman–Crippen MR) is 101 cm³/mol. The number of urea groups is 1. The number of primary amides is 1. The molecule has 0 atom stereocenters. The van der Waals surface area contributed by atoms with Crippen LogP contribution in [0.15, 0.2) is 47.0 Å². The van der Waals surface area contributed by atoms with Crippen LogP contribution in [0.25, 0.3) is 6.08 Å². The van der Waals surface area contributed by atoms with E-state index in [-0.39, 0.29) is 17.4 Å². The van der Waals surface area contributed by atoms with Crippen molar-refractivity contribution in [2.45, 2.75) is 38.5 Å². The van der Waals surface area contributed by atoms with Gasteiger partial charge in [-0.3, -0.25) is 14.9 Å². The Balaban J connectivity index is 1.66. The zero-order valence-electron chi connectivity index (χ0n) is 15.0. The summed E-state index contributed by atoms with van der Waals surface area (Å²) < 4.78 is 5.29. The van der Waals surface area contributed by atoms with Crippen molar-refractivity contribution >= 4 is 23.8 Å². The number of Topliss-reactive ketones (excluding diaryl/α,β-unsaturated/α-hetero) is 1. The minimum atomic E-state index is -0.943. The van der Waals surface area contributed by atoms with Crippen molar-refractivity contribution in [2.75, 3.05) is 0 Å². The summed E-state index contributed by atoms with van der Waals surface area (Å²) in [6, 6.07) is 9.39. The lowest BCUT2D eigenvalue weighted by Crippen LogP contribution is -2.33. The summed E-state index contributed by atoms with van der Waals surface area (Å²) in [5, 5.41) is 1.88. The van der Waals surface area contributed by atoms with Crippen molar-refractivity contribution in [3.8, 4) is 0 Å². The first-order chi connectivity index (χ1) is 13.0. The molecule has 1 heterocycles. The van der Waals surface area contributed by atoms with E-state index in [9.17, 15) is 14.4 Å². The second-order valence-corrected chi connectivity index (χ2v) is 6.08. The number of benzene rings is 1. The van der Waals surface area contributed by atoms with Crippen LogP contribution in [0.1, 0.15) is 54.1 Å². The Bertz CT molecular complexity index is 797. The van der Waals surface area contributed by atoms with E-state index in [0.717, 1.165) is 38.2 Å². The molecule has 142 valence electrons. The van der Waals surface area contributed by atoms with E-state index < -0.39 is 11.9 Å². The Labute approximate surface area is 157 Å². The number of aryl methyl sites for hydroxylation is 1. The van der Waals surface area contributed by atoms with E-state index in [4.69, 9.17) is 10.2 Å². The molecule has 0 unspecified atom stereocenters. The van der Waals surface area contributed by atoms with E-state index in [1.165, 1.54) is 17.8 Å². The molecule has 2 rings (SSSR count). The number of rotatable bonds is 10. The third-order valence-electron chi connectivity index (χ3n) is 3.87. The van der Waals surface area contributed by atoms with Crippen LogP contribution in [0.5, 0.6) is 0 Å². The molecule has 2 aromatic rings. The number of hydrogen-bond donors (Lipinski definition) is 2. The third-order valence-corrected chi connectivity index (χ3v) is 3.87. The Morgan fingerprint density at radius 2 is 1.81 bits per heavy atom. The van der Waals surface area contributed by atoms with E-state index in [1.54, 1.807) is 0 Å². The van der Waals surface area contributed by atoms with E-state index in [1.807, 2.05) is 23.5 Å². The molecule has 7 heteroatoms. The highest BCUT2D eigenvalue weighted by Crippen LogP contribution is 2.12. The van der Waals surface area contributed by atoms with Crippen molar-refractivity contribution in [1.82, 2.24) is 10.3 Å². The van der Waals surface area contributed by atoms with Gasteiger partial charge in [-0.25, -0.2) is 9.78 Å². The Hall–Kier alpha value is -3.22. The number of hydrogen-bond acceptors (Lipinski definition) is 5. The van der Waals surface area contributed by atoms with Crippen molar-refractivity contribution in [1.29, 1.82) is 0 Å². The van der Waals surface area contributed by atoms with Crippen LogP contribution in [0, 0.1) is 0 Å². The van der Waals surface area contributed by atoms with Crippen LogP contribution < -0.4 is 11.1 Å². The lowest BCUT2D eigenvalue weighted by atomic mass is 10.0. The number of oxazole rings is 1. The van der Waals surface area contributed by atoms with Crippen molar-refractivity contribution in [3.63, 3.8) is 0 Å². The predicted octanol–water partition coefficient (Wildman–Crippen LogP) is 3.26. The fraction of sp³-hybridized carbons (Fsp3) is 0.300. The molecule has 0 saturated carbocycles. The monoisotopic (exact) mass is 369 g/mol. The normalized spacial score (nSPS) is 10.8. The van der Waals surface area contributed by atoms with Gasteiger partial charge >= 0.3 is 6.03 Å². The molecular weight excluding hydrogens is 346 g/mol. The summed E-state index contributed by atoms with van der Waals surface area (Å²) >= 11 is 0.